The summed E-state index contributed by atoms with van der Waals surface area (Å²) >= 11 is 0. The molecule has 1 aromatic carbocycles. The maximum atomic E-state index is 11.9. The second kappa shape index (κ2) is 4.05. The molecule has 0 spiro atoms. The highest BCUT2D eigenvalue weighted by atomic mass is 16.5. The minimum atomic E-state index is 0.220. The van der Waals surface area contributed by atoms with E-state index in [4.69, 9.17) is 4.74 Å². The summed E-state index contributed by atoms with van der Waals surface area (Å²) in [5.41, 5.74) is 1.85. The van der Waals surface area contributed by atoms with E-state index in [2.05, 4.69) is 0 Å². The third-order valence-electron chi connectivity index (χ3n) is 2.83. The molecule has 0 aromatic heterocycles. The second-order valence-electron chi connectivity index (χ2n) is 4.27. The zero-order valence-corrected chi connectivity index (χ0v) is 9.25. The summed E-state index contributed by atoms with van der Waals surface area (Å²) in [6.07, 6.45) is 3.10. The Balaban J connectivity index is 2.23. The lowest BCUT2D eigenvalue weighted by Crippen LogP contribution is -2.03. The van der Waals surface area contributed by atoms with Crippen LogP contribution in [-0.2, 0) is 0 Å². The average molecular weight is 204 g/mol. The van der Waals surface area contributed by atoms with Crippen LogP contribution in [0.15, 0.2) is 18.2 Å². The van der Waals surface area contributed by atoms with Gasteiger partial charge in [0.15, 0.2) is 5.78 Å². The van der Waals surface area contributed by atoms with E-state index in [-0.39, 0.29) is 5.78 Å². The molecule has 1 aliphatic carbocycles. The van der Waals surface area contributed by atoms with Gasteiger partial charge >= 0.3 is 0 Å². The van der Waals surface area contributed by atoms with Crippen molar-refractivity contribution in [2.24, 2.45) is 5.92 Å². The minimum Gasteiger partial charge on any atom is -0.496 e. The number of Topliss-reactive ketones (excluding diaryl/α,β-unsaturated/α-hetero) is 1. The molecule has 1 aromatic rings. The van der Waals surface area contributed by atoms with Gasteiger partial charge in [-0.15, -0.1) is 0 Å². The molecule has 2 heteroatoms. The first-order valence-corrected chi connectivity index (χ1v) is 5.38. The quantitative estimate of drug-likeness (QED) is 0.705. The van der Waals surface area contributed by atoms with Crippen molar-refractivity contribution in [3.8, 4) is 5.75 Å². The van der Waals surface area contributed by atoms with Crippen molar-refractivity contribution < 1.29 is 9.53 Å². The van der Waals surface area contributed by atoms with Gasteiger partial charge < -0.3 is 4.74 Å². The van der Waals surface area contributed by atoms with E-state index in [1.54, 1.807) is 7.11 Å². The first-order valence-electron chi connectivity index (χ1n) is 5.38. The van der Waals surface area contributed by atoms with Gasteiger partial charge in [0.05, 0.1) is 12.7 Å². The molecule has 80 valence electrons. The number of methoxy groups -OCH3 is 1. The van der Waals surface area contributed by atoms with Gasteiger partial charge in [-0.2, -0.15) is 0 Å². The molecular formula is C13H16O2. The normalized spacial score (nSPS) is 15.1. The number of hydrogen-bond donors (Lipinski definition) is 0. The highest BCUT2D eigenvalue weighted by Gasteiger charge is 2.26. The van der Waals surface area contributed by atoms with Crippen LogP contribution in [0.2, 0.25) is 0 Å². The van der Waals surface area contributed by atoms with Gasteiger partial charge in [-0.05, 0) is 37.8 Å². The summed E-state index contributed by atoms with van der Waals surface area (Å²) in [5, 5.41) is 0. The highest BCUT2D eigenvalue weighted by molar-refractivity contribution is 5.99. The van der Waals surface area contributed by atoms with E-state index >= 15 is 0 Å². The van der Waals surface area contributed by atoms with E-state index in [9.17, 15) is 4.79 Å². The van der Waals surface area contributed by atoms with Gasteiger partial charge in [-0.25, -0.2) is 0 Å². The monoisotopic (exact) mass is 204 g/mol. The zero-order valence-electron chi connectivity index (χ0n) is 9.25. The van der Waals surface area contributed by atoms with Gasteiger partial charge in [0.2, 0.25) is 0 Å². The van der Waals surface area contributed by atoms with Crippen LogP contribution in [0.4, 0.5) is 0 Å². The average Bonchev–Trinajstić information content (AvgIpc) is 3.01. The largest absolute Gasteiger partial charge is 0.496 e. The van der Waals surface area contributed by atoms with Gasteiger partial charge in [-0.3, -0.25) is 4.79 Å². The Hall–Kier alpha value is -1.31. The predicted octanol–water partition coefficient (Wildman–Crippen LogP) is 2.99. The van der Waals surface area contributed by atoms with Crippen molar-refractivity contribution in [1.82, 2.24) is 0 Å². The lowest BCUT2D eigenvalue weighted by molar-refractivity contribution is 0.0973. The summed E-state index contributed by atoms with van der Waals surface area (Å²) in [6, 6.07) is 5.76. The Labute approximate surface area is 90.3 Å². The van der Waals surface area contributed by atoms with Gasteiger partial charge in [-0.1, -0.05) is 11.6 Å². The fourth-order valence-electron chi connectivity index (χ4n) is 1.73. The highest BCUT2D eigenvalue weighted by Crippen LogP contribution is 2.34. The summed E-state index contributed by atoms with van der Waals surface area (Å²) in [4.78, 5) is 11.9. The standard InChI is InChI=1S/C13H16O2/c1-9-3-6-13(15-2)11(7-9)12(14)8-10-4-5-10/h3,6-7,10H,4-5,8H2,1-2H3. The fraction of sp³-hybridized carbons (Fsp3) is 0.462. The van der Waals surface area contributed by atoms with Crippen molar-refractivity contribution in [2.75, 3.05) is 7.11 Å². The second-order valence-corrected chi connectivity index (χ2v) is 4.27. The molecule has 15 heavy (non-hydrogen) atoms. The molecule has 0 aliphatic heterocycles. The van der Waals surface area contributed by atoms with E-state index in [1.807, 2.05) is 25.1 Å². The number of carbonyl (C=O) groups is 1. The molecule has 0 radical (unpaired) electrons. The Morgan fingerprint density at radius 3 is 2.80 bits per heavy atom. The topological polar surface area (TPSA) is 26.3 Å². The van der Waals surface area contributed by atoms with E-state index in [1.165, 1.54) is 12.8 Å². The number of aryl methyl sites for hydroxylation is 1. The summed E-state index contributed by atoms with van der Waals surface area (Å²) in [7, 11) is 1.61. The number of benzene rings is 1. The molecule has 2 rings (SSSR count). The Kier molecular flexibility index (Phi) is 2.76. The third kappa shape index (κ3) is 2.38. The maximum absolute atomic E-state index is 11.9. The Morgan fingerprint density at radius 2 is 2.20 bits per heavy atom. The molecule has 0 heterocycles. The third-order valence-corrected chi connectivity index (χ3v) is 2.83. The van der Waals surface area contributed by atoms with E-state index < -0.39 is 0 Å². The van der Waals surface area contributed by atoms with Crippen LogP contribution >= 0.6 is 0 Å². The molecule has 0 bridgehead atoms. The fourth-order valence-corrected chi connectivity index (χ4v) is 1.73. The first-order chi connectivity index (χ1) is 7.20. The number of hydrogen-bond acceptors (Lipinski definition) is 2. The molecule has 0 unspecified atom stereocenters. The zero-order chi connectivity index (χ0) is 10.8. The van der Waals surface area contributed by atoms with E-state index in [0.717, 1.165) is 11.1 Å². The van der Waals surface area contributed by atoms with Gasteiger partial charge in [0.1, 0.15) is 5.75 Å². The molecule has 0 amide bonds. The van der Waals surface area contributed by atoms with Crippen LogP contribution in [0.1, 0.15) is 35.2 Å². The summed E-state index contributed by atoms with van der Waals surface area (Å²) in [5.74, 6) is 1.55. The van der Waals surface area contributed by atoms with Crippen molar-refractivity contribution in [2.45, 2.75) is 26.2 Å². The molecule has 0 atom stereocenters. The van der Waals surface area contributed by atoms with Crippen LogP contribution in [0.5, 0.6) is 5.75 Å². The molecular weight excluding hydrogens is 188 g/mol. The molecule has 0 saturated heterocycles. The Morgan fingerprint density at radius 1 is 1.47 bits per heavy atom. The van der Waals surface area contributed by atoms with Crippen LogP contribution in [-0.4, -0.2) is 12.9 Å². The first kappa shape index (κ1) is 10.2. The van der Waals surface area contributed by atoms with Gasteiger partial charge in [0, 0.05) is 6.42 Å². The number of carbonyl (C=O) groups excluding carboxylic acids is 1. The maximum Gasteiger partial charge on any atom is 0.166 e. The van der Waals surface area contributed by atoms with Crippen molar-refractivity contribution in [3.05, 3.63) is 29.3 Å². The van der Waals surface area contributed by atoms with Crippen LogP contribution in [0.3, 0.4) is 0 Å². The Bertz CT molecular complexity index is 378. The minimum absolute atomic E-state index is 0.220. The number of ketones is 1. The lowest BCUT2D eigenvalue weighted by atomic mass is 10.0. The summed E-state index contributed by atoms with van der Waals surface area (Å²) in [6.45, 7) is 1.99. The van der Waals surface area contributed by atoms with Crippen molar-refractivity contribution >= 4 is 5.78 Å². The van der Waals surface area contributed by atoms with Crippen molar-refractivity contribution in [3.63, 3.8) is 0 Å². The molecule has 1 fully saturated rings. The van der Waals surface area contributed by atoms with Crippen molar-refractivity contribution in [1.29, 1.82) is 0 Å². The molecule has 0 N–H and O–H groups in total. The molecule has 1 aliphatic rings. The van der Waals surface area contributed by atoms with Crippen LogP contribution in [0, 0.1) is 12.8 Å². The molecule has 2 nitrogen and oxygen atoms in total. The van der Waals surface area contributed by atoms with E-state index in [0.29, 0.717) is 18.1 Å². The predicted molar refractivity (Wildman–Crippen MR) is 59.4 cm³/mol. The van der Waals surface area contributed by atoms with Crippen LogP contribution < -0.4 is 4.74 Å². The van der Waals surface area contributed by atoms with Crippen LogP contribution in [0.25, 0.3) is 0 Å². The van der Waals surface area contributed by atoms with Gasteiger partial charge in [0.25, 0.3) is 0 Å². The SMILES string of the molecule is COc1ccc(C)cc1C(=O)CC1CC1. The number of rotatable bonds is 4. The smallest absolute Gasteiger partial charge is 0.166 e. The molecule has 1 saturated carbocycles. The number of ether oxygens (including phenoxy) is 1. The lowest BCUT2D eigenvalue weighted by Gasteiger charge is -2.08. The summed E-state index contributed by atoms with van der Waals surface area (Å²) < 4.78 is 5.20.